The van der Waals surface area contributed by atoms with E-state index in [0.717, 1.165) is 0 Å². The number of esters is 1. The maximum atomic E-state index is 11.3. The Morgan fingerprint density at radius 2 is 2.11 bits per heavy atom. The number of nitrogens with two attached hydrogens (primary N) is 1. The van der Waals surface area contributed by atoms with Gasteiger partial charge in [-0.05, 0) is 32.0 Å². The molecule has 18 heavy (non-hydrogen) atoms. The van der Waals surface area contributed by atoms with Crippen LogP contribution in [0.1, 0.15) is 24.2 Å². The summed E-state index contributed by atoms with van der Waals surface area (Å²) in [5.41, 5.74) is 5.57. The molecule has 0 spiro atoms. The lowest BCUT2D eigenvalue weighted by atomic mass is 10.2. The number of hydrogen-bond donors (Lipinski definition) is 2. The Hall–Kier alpha value is -2.24. The van der Waals surface area contributed by atoms with Gasteiger partial charge < -0.3 is 20.3 Å². The Bertz CT molecular complexity index is 458. The standard InChI is InChI=1S/C12H15NO5/c1-3-17-12(16)7(2)18-8-4-5-10(13)9(6-8)11(14)15/h4-7H,3,13H2,1-2H3,(H,14,15). The highest BCUT2D eigenvalue weighted by atomic mass is 16.6. The van der Waals surface area contributed by atoms with Crippen molar-refractivity contribution in [3.8, 4) is 5.75 Å². The molecule has 6 nitrogen and oxygen atoms in total. The Labute approximate surface area is 104 Å². The van der Waals surface area contributed by atoms with Crippen molar-refractivity contribution in [3.63, 3.8) is 0 Å². The minimum atomic E-state index is -1.15. The second-order valence-electron chi connectivity index (χ2n) is 3.57. The van der Waals surface area contributed by atoms with E-state index < -0.39 is 18.0 Å². The van der Waals surface area contributed by atoms with Crippen LogP contribution < -0.4 is 10.5 Å². The van der Waals surface area contributed by atoms with Gasteiger partial charge in [-0.25, -0.2) is 9.59 Å². The summed E-state index contributed by atoms with van der Waals surface area (Å²) in [6.07, 6.45) is -0.810. The molecule has 0 aliphatic carbocycles. The molecule has 1 unspecified atom stereocenters. The summed E-state index contributed by atoms with van der Waals surface area (Å²) in [6.45, 7) is 3.47. The van der Waals surface area contributed by atoms with Crippen molar-refractivity contribution in [2.24, 2.45) is 0 Å². The van der Waals surface area contributed by atoms with E-state index in [2.05, 4.69) is 0 Å². The fourth-order valence-corrected chi connectivity index (χ4v) is 1.31. The molecule has 0 saturated heterocycles. The van der Waals surface area contributed by atoms with Gasteiger partial charge in [-0.3, -0.25) is 0 Å². The van der Waals surface area contributed by atoms with Crippen LogP contribution in [-0.2, 0) is 9.53 Å². The number of aromatic carboxylic acids is 1. The number of carboxylic acid groups (broad SMARTS) is 1. The van der Waals surface area contributed by atoms with Gasteiger partial charge in [0.15, 0.2) is 6.10 Å². The van der Waals surface area contributed by atoms with E-state index in [1.807, 2.05) is 0 Å². The number of hydrogen-bond acceptors (Lipinski definition) is 5. The lowest BCUT2D eigenvalue weighted by molar-refractivity contribution is -0.150. The van der Waals surface area contributed by atoms with E-state index in [0.29, 0.717) is 0 Å². The van der Waals surface area contributed by atoms with Crippen LogP contribution in [0.15, 0.2) is 18.2 Å². The predicted molar refractivity (Wildman–Crippen MR) is 64.5 cm³/mol. The average molecular weight is 253 g/mol. The molecule has 0 fully saturated rings. The topological polar surface area (TPSA) is 98.9 Å². The molecule has 98 valence electrons. The highest BCUT2D eigenvalue weighted by Gasteiger charge is 2.17. The maximum Gasteiger partial charge on any atom is 0.347 e. The summed E-state index contributed by atoms with van der Waals surface area (Å²) in [5, 5.41) is 8.89. The van der Waals surface area contributed by atoms with Crippen molar-refractivity contribution in [3.05, 3.63) is 23.8 Å². The molecular formula is C12H15NO5. The van der Waals surface area contributed by atoms with E-state index in [1.54, 1.807) is 6.92 Å². The number of carboxylic acids is 1. The summed E-state index contributed by atoms with van der Waals surface area (Å²) >= 11 is 0. The lowest BCUT2D eigenvalue weighted by Crippen LogP contribution is -2.26. The fraction of sp³-hybridized carbons (Fsp3) is 0.333. The average Bonchev–Trinajstić information content (AvgIpc) is 2.31. The third-order valence-electron chi connectivity index (χ3n) is 2.19. The number of carbonyl (C=O) groups is 2. The van der Waals surface area contributed by atoms with E-state index in [9.17, 15) is 9.59 Å². The number of anilines is 1. The summed E-state index contributed by atoms with van der Waals surface area (Å²) in [6, 6.07) is 4.18. The first-order chi connectivity index (χ1) is 8.45. The SMILES string of the molecule is CCOC(=O)C(C)Oc1ccc(N)c(C(=O)O)c1. The smallest absolute Gasteiger partial charge is 0.347 e. The molecule has 0 aliphatic rings. The normalized spacial score (nSPS) is 11.7. The number of ether oxygens (including phenoxy) is 2. The van der Waals surface area contributed by atoms with Crippen LogP contribution in [0, 0.1) is 0 Å². The first kappa shape index (κ1) is 13.8. The van der Waals surface area contributed by atoms with Gasteiger partial charge >= 0.3 is 11.9 Å². The van der Waals surface area contributed by atoms with Crippen molar-refractivity contribution in [2.45, 2.75) is 20.0 Å². The van der Waals surface area contributed by atoms with Crippen molar-refractivity contribution in [2.75, 3.05) is 12.3 Å². The molecule has 1 atom stereocenters. The number of carbonyl (C=O) groups excluding carboxylic acids is 1. The summed E-state index contributed by atoms with van der Waals surface area (Å²) in [5.74, 6) is -1.41. The first-order valence-corrected chi connectivity index (χ1v) is 5.41. The Kier molecular flexibility index (Phi) is 4.53. The Balaban J connectivity index is 2.82. The van der Waals surface area contributed by atoms with E-state index in [-0.39, 0.29) is 23.6 Å². The molecule has 0 bridgehead atoms. The van der Waals surface area contributed by atoms with Crippen LogP contribution in [0.2, 0.25) is 0 Å². The number of benzene rings is 1. The van der Waals surface area contributed by atoms with Gasteiger partial charge in [0.2, 0.25) is 0 Å². The van der Waals surface area contributed by atoms with Crippen LogP contribution in [0.25, 0.3) is 0 Å². The van der Waals surface area contributed by atoms with Crippen molar-refractivity contribution < 1.29 is 24.2 Å². The van der Waals surface area contributed by atoms with E-state index in [1.165, 1.54) is 25.1 Å². The molecule has 3 N–H and O–H groups in total. The van der Waals surface area contributed by atoms with Gasteiger partial charge in [-0.2, -0.15) is 0 Å². The number of rotatable bonds is 5. The van der Waals surface area contributed by atoms with Gasteiger partial charge in [-0.1, -0.05) is 0 Å². The van der Waals surface area contributed by atoms with Crippen molar-refractivity contribution >= 4 is 17.6 Å². The van der Waals surface area contributed by atoms with Gasteiger partial charge in [0.1, 0.15) is 5.75 Å². The zero-order valence-electron chi connectivity index (χ0n) is 10.2. The molecule has 0 aliphatic heterocycles. The van der Waals surface area contributed by atoms with Gasteiger partial charge in [0.05, 0.1) is 12.2 Å². The Morgan fingerprint density at radius 3 is 2.67 bits per heavy atom. The second-order valence-corrected chi connectivity index (χ2v) is 3.57. The molecule has 0 saturated carbocycles. The molecule has 1 aromatic rings. The zero-order valence-corrected chi connectivity index (χ0v) is 10.2. The summed E-state index contributed by atoms with van der Waals surface area (Å²) < 4.78 is 10.1. The largest absolute Gasteiger partial charge is 0.479 e. The second kappa shape index (κ2) is 5.90. The predicted octanol–water partition coefficient (Wildman–Crippen LogP) is 1.30. The summed E-state index contributed by atoms with van der Waals surface area (Å²) in [7, 11) is 0. The molecule has 1 aromatic carbocycles. The molecular weight excluding hydrogens is 238 g/mol. The molecule has 0 aromatic heterocycles. The van der Waals surface area contributed by atoms with Gasteiger partial charge in [-0.15, -0.1) is 0 Å². The third-order valence-corrected chi connectivity index (χ3v) is 2.19. The molecule has 1 rings (SSSR count). The van der Waals surface area contributed by atoms with Crippen LogP contribution in [0.5, 0.6) is 5.75 Å². The van der Waals surface area contributed by atoms with Crippen LogP contribution in [-0.4, -0.2) is 29.8 Å². The molecule has 6 heteroatoms. The monoisotopic (exact) mass is 253 g/mol. The summed E-state index contributed by atoms with van der Waals surface area (Å²) in [4.78, 5) is 22.2. The van der Waals surface area contributed by atoms with Crippen molar-refractivity contribution in [1.29, 1.82) is 0 Å². The van der Waals surface area contributed by atoms with Crippen LogP contribution >= 0.6 is 0 Å². The fourth-order valence-electron chi connectivity index (χ4n) is 1.31. The Morgan fingerprint density at radius 1 is 1.44 bits per heavy atom. The van der Waals surface area contributed by atoms with E-state index >= 15 is 0 Å². The van der Waals surface area contributed by atoms with Crippen molar-refractivity contribution in [1.82, 2.24) is 0 Å². The first-order valence-electron chi connectivity index (χ1n) is 5.41. The van der Waals surface area contributed by atoms with Crippen LogP contribution in [0.3, 0.4) is 0 Å². The number of nitrogen functional groups attached to an aromatic ring is 1. The molecule has 0 amide bonds. The minimum Gasteiger partial charge on any atom is -0.479 e. The third kappa shape index (κ3) is 3.38. The lowest BCUT2D eigenvalue weighted by Gasteiger charge is -2.14. The zero-order chi connectivity index (χ0) is 13.7. The maximum absolute atomic E-state index is 11.3. The van der Waals surface area contributed by atoms with Gasteiger partial charge in [0, 0.05) is 5.69 Å². The highest BCUT2D eigenvalue weighted by molar-refractivity contribution is 5.94. The van der Waals surface area contributed by atoms with Crippen LogP contribution in [0.4, 0.5) is 5.69 Å². The van der Waals surface area contributed by atoms with E-state index in [4.69, 9.17) is 20.3 Å². The molecule has 0 heterocycles. The molecule has 0 radical (unpaired) electrons. The highest BCUT2D eigenvalue weighted by Crippen LogP contribution is 2.20. The minimum absolute atomic E-state index is 0.0661. The van der Waals surface area contributed by atoms with Gasteiger partial charge in [0.25, 0.3) is 0 Å². The quantitative estimate of drug-likeness (QED) is 0.606.